The molecule has 0 aromatic heterocycles. The molecule has 0 fully saturated rings. The van der Waals surface area contributed by atoms with Crippen LogP contribution in [-0.2, 0) is 4.79 Å². The summed E-state index contributed by atoms with van der Waals surface area (Å²) in [7, 11) is 0. The van der Waals surface area contributed by atoms with E-state index >= 15 is 0 Å². The lowest BCUT2D eigenvalue weighted by molar-refractivity contribution is -0.115. The van der Waals surface area contributed by atoms with Gasteiger partial charge in [-0.25, -0.2) is 0 Å². The third-order valence-electron chi connectivity index (χ3n) is 3.05. The van der Waals surface area contributed by atoms with E-state index in [1.165, 1.54) is 0 Å². The second-order valence-electron chi connectivity index (χ2n) is 5.26. The maximum absolute atomic E-state index is 12.0. The molecule has 0 aliphatic rings. The van der Waals surface area contributed by atoms with E-state index in [2.05, 4.69) is 16.7 Å². The van der Waals surface area contributed by atoms with E-state index in [4.69, 9.17) is 23.2 Å². The zero-order valence-corrected chi connectivity index (χ0v) is 14.1. The second kappa shape index (κ2) is 7.52. The molecule has 0 unspecified atom stereocenters. The number of hydrogen-bond donors (Lipinski definition) is 2. The molecule has 0 bridgehead atoms. The van der Waals surface area contributed by atoms with Crippen molar-refractivity contribution in [2.45, 2.75) is 20.3 Å². The number of carbonyl (C=O) groups is 1. The van der Waals surface area contributed by atoms with Gasteiger partial charge in [-0.1, -0.05) is 29.3 Å². The Morgan fingerprint density at radius 1 is 0.909 bits per heavy atom. The fourth-order valence-electron chi connectivity index (χ4n) is 2.25. The van der Waals surface area contributed by atoms with E-state index in [0.29, 0.717) is 23.0 Å². The molecular weight excluding hydrogens is 319 g/mol. The van der Waals surface area contributed by atoms with Gasteiger partial charge in [0.2, 0.25) is 5.91 Å². The molecule has 0 aliphatic carbocycles. The first kappa shape index (κ1) is 16.7. The lowest BCUT2D eigenvalue weighted by Gasteiger charge is -2.09. The van der Waals surface area contributed by atoms with E-state index in [1.807, 2.05) is 26.0 Å². The summed E-state index contributed by atoms with van der Waals surface area (Å²) < 4.78 is 0. The highest BCUT2D eigenvalue weighted by atomic mass is 35.5. The monoisotopic (exact) mass is 336 g/mol. The van der Waals surface area contributed by atoms with E-state index in [9.17, 15) is 4.79 Å². The third-order valence-corrected chi connectivity index (χ3v) is 3.49. The van der Waals surface area contributed by atoms with Crippen molar-refractivity contribution in [3.05, 3.63) is 57.6 Å². The van der Waals surface area contributed by atoms with Crippen molar-refractivity contribution in [1.82, 2.24) is 0 Å². The molecule has 0 atom stereocenters. The van der Waals surface area contributed by atoms with Crippen LogP contribution in [0.3, 0.4) is 0 Å². The summed E-state index contributed by atoms with van der Waals surface area (Å²) in [5.41, 5.74) is 3.88. The molecule has 5 heteroatoms. The van der Waals surface area contributed by atoms with Crippen LogP contribution in [0.4, 0.5) is 11.4 Å². The Balaban J connectivity index is 1.85. The Morgan fingerprint density at radius 2 is 1.50 bits per heavy atom. The number of aryl methyl sites for hydroxylation is 2. The van der Waals surface area contributed by atoms with Gasteiger partial charge in [-0.2, -0.15) is 0 Å². The first-order chi connectivity index (χ1) is 10.4. The van der Waals surface area contributed by atoms with Crippen molar-refractivity contribution >= 4 is 40.5 Å². The summed E-state index contributed by atoms with van der Waals surface area (Å²) in [5.74, 6) is -0.0365. The number of carbonyl (C=O) groups excluding carboxylic acids is 1. The maximum atomic E-state index is 12.0. The van der Waals surface area contributed by atoms with Crippen LogP contribution >= 0.6 is 23.2 Å². The summed E-state index contributed by atoms with van der Waals surface area (Å²) in [5, 5.41) is 7.17. The van der Waals surface area contributed by atoms with Crippen molar-refractivity contribution < 1.29 is 4.79 Å². The highest BCUT2D eigenvalue weighted by molar-refractivity contribution is 6.35. The predicted octanol–water partition coefficient (Wildman–Crippen LogP) is 5.05. The fourth-order valence-corrected chi connectivity index (χ4v) is 2.77. The molecule has 0 spiro atoms. The number of anilines is 2. The van der Waals surface area contributed by atoms with Gasteiger partial charge in [0, 0.05) is 34.4 Å². The van der Waals surface area contributed by atoms with Gasteiger partial charge in [-0.15, -0.1) is 0 Å². The molecule has 0 saturated carbocycles. The van der Waals surface area contributed by atoms with E-state index in [0.717, 1.165) is 22.5 Å². The van der Waals surface area contributed by atoms with Crippen LogP contribution in [0.15, 0.2) is 36.4 Å². The predicted molar refractivity (Wildman–Crippen MR) is 94.1 cm³/mol. The van der Waals surface area contributed by atoms with Crippen LogP contribution in [0.2, 0.25) is 10.0 Å². The van der Waals surface area contributed by atoms with Crippen molar-refractivity contribution in [3.8, 4) is 0 Å². The van der Waals surface area contributed by atoms with Gasteiger partial charge in [0.1, 0.15) is 0 Å². The van der Waals surface area contributed by atoms with Crippen molar-refractivity contribution in [3.63, 3.8) is 0 Å². The third kappa shape index (κ3) is 5.24. The molecule has 2 N–H and O–H groups in total. The van der Waals surface area contributed by atoms with Crippen LogP contribution in [-0.4, -0.2) is 12.5 Å². The minimum absolute atomic E-state index is 0.0365. The van der Waals surface area contributed by atoms with Gasteiger partial charge in [0.25, 0.3) is 0 Å². The molecule has 2 aromatic rings. The van der Waals surface area contributed by atoms with Gasteiger partial charge in [0.05, 0.1) is 0 Å². The highest BCUT2D eigenvalue weighted by Gasteiger charge is 2.04. The second-order valence-corrected chi connectivity index (χ2v) is 6.13. The lowest BCUT2D eigenvalue weighted by atomic mass is 10.1. The summed E-state index contributed by atoms with van der Waals surface area (Å²) in [6, 6.07) is 11.2. The Kier molecular flexibility index (Phi) is 5.69. The smallest absolute Gasteiger partial charge is 0.226 e. The van der Waals surface area contributed by atoms with Crippen LogP contribution in [0.25, 0.3) is 0 Å². The Hall–Kier alpha value is -1.71. The summed E-state index contributed by atoms with van der Waals surface area (Å²) >= 11 is 11.8. The van der Waals surface area contributed by atoms with Gasteiger partial charge in [-0.3, -0.25) is 4.79 Å². The quantitative estimate of drug-likeness (QED) is 0.801. The van der Waals surface area contributed by atoms with Gasteiger partial charge >= 0.3 is 0 Å². The molecular formula is C17H18Cl2N2O. The zero-order valence-electron chi connectivity index (χ0n) is 12.5. The van der Waals surface area contributed by atoms with Crippen molar-refractivity contribution in [2.24, 2.45) is 0 Å². The minimum atomic E-state index is -0.0365. The van der Waals surface area contributed by atoms with E-state index in [1.54, 1.807) is 18.2 Å². The molecule has 3 nitrogen and oxygen atoms in total. The molecule has 0 heterocycles. The number of hydrogen-bond acceptors (Lipinski definition) is 2. The van der Waals surface area contributed by atoms with Crippen molar-refractivity contribution in [1.29, 1.82) is 0 Å². The van der Waals surface area contributed by atoms with Crippen molar-refractivity contribution in [2.75, 3.05) is 17.2 Å². The normalized spacial score (nSPS) is 10.4. The number of rotatable bonds is 5. The Morgan fingerprint density at radius 3 is 2.09 bits per heavy atom. The minimum Gasteiger partial charge on any atom is -0.384 e. The average Bonchev–Trinajstić information content (AvgIpc) is 2.35. The van der Waals surface area contributed by atoms with E-state index in [-0.39, 0.29) is 5.91 Å². The first-order valence-corrected chi connectivity index (χ1v) is 7.76. The standard InChI is InChI=1S/C17H18Cl2N2O/c1-11-5-12(2)7-16(6-11)21-17(22)3-4-20-15-9-13(18)8-14(19)10-15/h5-10,20H,3-4H2,1-2H3,(H,21,22). The largest absolute Gasteiger partial charge is 0.384 e. The Bertz CT molecular complexity index is 646. The molecule has 0 radical (unpaired) electrons. The number of nitrogens with one attached hydrogen (secondary N) is 2. The number of halogens is 2. The summed E-state index contributed by atoms with van der Waals surface area (Å²) in [4.78, 5) is 12.0. The van der Waals surface area contributed by atoms with Crippen LogP contribution in [0.1, 0.15) is 17.5 Å². The topological polar surface area (TPSA) is 41.1 Å². The molecule has 0 aliphatic heterocycles. The zero-order chi connectivity index (χ0) is 16.1. The van der Waals surface area contributed by atoms with Crippen LogP contribution < -0.4 is 10.6 Å². The molecule has 116 valence electrons. The highest BCUT2D eigenvalue weighted by Crippen LogP contribution is 2.22. The molecule has 2 aromatic carbocycles. The van der Waals surface area contributed by atoms with Gasteiger partial charge < -0.3 is 10.6 Å². The molecule has 1 amide bonds. The van der Waals surface area contributed by atoms with Crippen LogP contribution in [0, 0.1) is 13.8 Å². The number of amides is 1. The number of benzene rings is 2. The SMILES string of the molecule is Cc1cc(C)cc(NC(=O)CCNc2cc(Cl)cc(Cl)c2)c1. The van der Waals surface area contributed by atoms with Gasteiger partial charge in [-0.05, 0) is 55.3 Å². The molecule has 0 saturated heterocycles. The average molecular weight is 337 g/mol. The fraction of sp³-hybridized carbons (Fsp3) is 0.235. The maximum Gasteiger partial charge on any atom is 0.226 e. The Labute approximate surface area is 140 Å². The summed E-state index contributed by atoms with van der Waals surface area (Å²) in [6.45, 7) is 4.52. The van der Waals surface area contributed by atoms with Crippen LogP contribution in [0.5, 0.6) is 0 Å². The summed E-state index contributed by atoms with van der Waals surface area (Å²) in [6.07, 6.45) is 0.358. The lowest BCUT2D eigenvalue weighted by Crippen LogP contribution is -2.16. The molecule has 2 rings (SSSR count). The first-order valence-electron chi connectivity index (χ1n) is 7.00. The van der Waals surface area contributed by atoms with Gasteiger partial charge in [0.15, 0.2) is 0 Å². The molecule has 22 heavy (non-hydrogen) atoms. The van der Waals surface area contributed by atoms with E-state index < -0.39 is 0 Å².